The molecule has 0 unspecified atom stereocenters. The SMILES string of the molecule is Cc1cn(CCNC(=O)c2cc(-n3cnnn3)n[nH]2)nn1. The van der Waals surface area contributed by atoms with Gasteiger partial charge < -0.3 is 5.32 Å². The van der Waals surface area contributed by atoms with Crippen LogP contribution in [0.2, 0.25) is 0 Å². The minimum Gasteiger partial charge on any atom is -0.349 e. The maximum Gasteiger partial charge on any atom is 0.269 e. The number of rotatable bonds is 5. The summed E-state index contributed by atoms with van der Waals surface area (Å²) in [4.78, 5) is 11.9. The van der Waals surface area contributed by atoms with E-state index in [9.17, 15) is 4.79 Å². The van der Waals surface area contributed by atoms with Gasteiger partial charge in [-0.25, -0.2) is 0 Å². The number of H-pyrrole nitrogens is 1. The van der Waals surface area contributed by atoms with Crippen LogP contribution in [0.15, 0.2) is 18.6 Å². The summed E-state index contributed by atoms with van der Waals surface area (Å²) in [6.07, 6.45) is 3.20. The summed E-state index contributed by atoms with van der Waals surface area (Å²) in [6, 6.07) is 1.56. The van der Waals surface area contributed by atoms with Crippen molar-refractivity contribution >= 4 is 5.91 Å². The van der Waals surface area contributed by atoms with Gasteiger partial charge in [0.2, 0.25) is 0 Å². The van der Waals surface area contributed by atoms with E-state index >= 15 is 0 Å². The largest absolute Gasteiger partial charge is 0.349 e. The van der Waals surface area contributed by atoms with Crippen molar-refractivity contribution in [2.45, 2.75) is 13.5 Å². The third-order valence-electron chi connectivity index (χ3n) is 2.67. The summed E-state index contributed by atoms with van der Waals surface area (Å²) in [5.74, 6) is 0.177. The van der Waals surface area contributed by atoms with Gasteiger partial charge in [-0.15, -0.1) is 10.2 Å². The highest BCUT2D eigenvalue weighted by Crippen LogP contribution is 2.03. The van der Waals surface area contributed by atoms with Gasteiger partial charge in [-0.05, 0) is 17.4 Å². The molecular formula is C10H12N10O. The van der Waals surface area contributed by atoms with E-state index in [0.29, 0.717) is 24.6 Å². The van der Waals surface area contributed by atoms with Crippen LogP contribution >= 0.6 is 0 Å². The Balaban J connectivity index is 1.56. The minimum absolute atomic E-state index is 0.265. The first kappa shape index (κ1) is 12.9. The lowest BCUT2D eigenvalue weighted by atomic mass is 10.4. The van der Waals surface area contributed by atoms with Crippen molar-refractivity contribution in [1.82, 2.24) is 50.7 Å². The number of aromatic amines is 1. The first-order valence-corrected chi connectivity index (χ1v) is 6.16. The van der Waals surface area contributed by atoms with Crippen LogP contribution in [0.3, 0.4) is 0 Å². The Hall–Kier alpha value is -3.11. The lowest BCUT2D eigenvalue weighted by Crippen LogP contribution is -2.27. The van der Waals surface area contributed by atoms with Crippen molar-refractivity contribution in [3.63, 3.8) is 0 Å². The molecule has 3 aromatic rings. The highest BCUT2D eigenvalue weighted by atomic mass is 16.1. The molecule has 3 aromatic heterocycles. The van der Waals surface area contributed by atoms with Gasteiger partial charge in [-0.3, -0.25) is 14.6 Å². The fraction of sp³-hybridized carbons (Fsp3) is 0.300. The molecule has 0 fully saturated rings. The van der Waals surface area contributed by atoms with E-state index in [0.717, 1.165) is 5.69 Å². The van der Waals surface area contributed by atoms with Gasteiger partial charge in [0.15, 0.2) is 5.82 Å². The first-order valence-electron chi connectivity index (χ1n) is 6.16. The zero-order valence-corrected chi connectivity index (χ0v) is 11.1. The van der Waals surface area contributed by atoms with E-state index in [1.807, 2.05) is 6.92 Å². The van der Waals surface area contributed by atoms with Crippen LogP contribution in [0.1, 0.15) is 16.2 Å². The molecule has 11 nitrogen and oxygen atoms in total. The molecule has 0 aliphatic rings. The maximum atomic E-state index is 11.9. The molecule has 1 amide bonds. The first-order chi connectivity index (χ1) is 10.2. The van der Waals surface area contributed by atoms with Gasteiger partial charge >= 0.3 is 0 Å². The van der Waals surface area contributed by atoms with Crippen molar-refractivity contribution in [2.24, 2.45) is 0 Å². The molecule has 0 spiro atoms. The number of carbonyl (C=O) groups excluding carboxylic acids is 1. The number of aryl methyl sites for hydroxylation is 1. The number of aromatic nitrogens is 9. The van der Waals surface area contributed by atoms with Gasteiger partial charge in [-0.1, -0.05) is 5.21 Å². The monoisotopic (exact) mass is 288 g/mol. The third kappa shape index (κ3) is 2.91. The molecule has 0 atom stereocenters. The number of hydrogen-bond acceptors (Lipinski definition) is 7. The van der Waals surface area contributed by atoms with Crippen LogP contribution in [0, 0.1) is 6.92 Å². The molecule has 0 aromatic carbocycles. The van der Waals surface area contributed by atoms with Crippen LogP contribution in [0.25, 0.3) is 5.82 Å². The van der Waals surface area contributed by atoms with Crippen molar-refractivity contribution in [3.05, 3.63) is 30.0 Å². The molecule has 0 bridgehead atoms. The van der Waals surface area contributed by atoms with E-state index in [4.69, 9.17) is 0 Å². The lowest BCUT2D eigenvalue weighted by molar-refractivity contribution is 0.0947. The zero-order valence-electron chi connectivity index (χ0n) is 11.1. The summed E-state index contributed by atoms with van der Waals surface area (Å²) in [7, 11) is 0. The quantitative estimate of drug-likeness (QED) is 0.597. The van der Waals surface area contributed by atoms with Crippen LogP contribution in [-0.2, 0) is 6.54 Å². The molecule has 21 heavy (non-hydrogen) atoms. The smallest absolute Gasteiger partial charge is 0.269 e. The molecule has 0 radical (unpaired) electrons. The van der Waals surface area contributed by atoms with E-state index in [1.54, 1.807) is 16.9 Å². The Labute approximate surface area is 118 Å². The summed E-state index contributed by atoms with van der Waals surface area (Å²) >= 11 is 0. The van der Waals surface area contributed by atoms with E-state index in [1.165, 1.54) is 11.0 Å². The van der Waals surface area contributed by atoms with Gasteiger partial charge in [0.25, 0.3) is 5.91 Å². The number of carbonyl (C=O) groups is 1. The summed E-state index contributed by atoms with van der Waals surface area (Å²) < 4.78 is 3.01. The predicted octanol–water partition coefficient (Wildman–Crippen LogP) is -1.28. The standard InChI is InChI=1S/C10H12N10O/c1-7-5-19(17-13-7)3-2-11-10(21)8-4-9(15-14-8)20-6-12-16-18-20/h4-6H,2-3H2,1H3,(H,11,21)(H,14,15). The second kappa shape index (κ2) is 5.48. The molecule has 108 valence electrons. The van der Waals surface area contributed by atoms with Gasteiger partial charge in [-0.2, -0.15) is 9.78 Å². The maximum absolute atomic E-state index is 11.9. The van der Waals surface area contributed by atoms with Crippen LogP contribution in [0.5, 0.6) is 0 Å². The molecule has 2 N–H and O–H groups in total. The Bertz CT molecular complexity index is 727. The molecule has 0 aliphatic carbocycles. The van der Waals surface area contributed by atoms with Gasteiger partial charge in [0, 0.05) is 18.8 Å². The van der Waals surface area contributed by atoms with E-state index in [2.05, 4.69) is 41.4 Å². The van der Waals surface area contributed by atoms with Crippen LogP contribution < -0.4 is 5.32 Å². The van der Waals surface area contributed by atoms with Crippen molar-refractivity contribution in [3.8, 4) is 5.82 Å². The molecule has 3 rings (SSSR count). The Morgan fingerprint density at radius 3 is 3.05 bits per heavy atom. The highest BCUT2D eigenvalue weighted by Gasteiger charge is 2.11. The zero-order chi connectivity index (χ0) is 14.7. The second-order valence-electron chi connectivity index (χ2n) is 4.27. The number of nitrogens with one attached hydrogen (secondary N) is 2. The lowest BCUT2D eigenvalue weighted by Gasteiger charge is -2.02. The van der Waals surface area contributed by atoms with Crippen LogP contribution in [-0.4, -0.2) is 57.9 Å². The minimum atomic E-state index is -0.265. The van der Waals surface area contributed by atoms with E-state index < -0.39 is 0 Å². The number of amides is 1. The van der Waals surface area contributed by atoms with Gasteiger partial charge in [0.05, 0.1) is 12.2 Å². The Morgan fingerprint density at radius 2 is 2.33 bits per heavy atom. The average Bonchev–Trinajstić information content (AvgIpc) is 3.19. The highest BCUT2D eigenvalue weighted by molar-refractivity contribution is 5.92. The predicted molar refractivity (Wildman–Crippen MR) is 68.4 cm³/mol. The normalized spacial score (nSPS) is 10.7. The molecular weight excluding hydrogens is 276 g/mol. The number of tetrazole rings is 1. The Morgan fingerprint density at radius 1 is 1.43 bits per heavy atom. The summed E-state index contributed by atoms with van der Waals surface area (Å²) in [6.45, 7) is 2.83. The molecule has 0 aliphatic heterocycles. The molecule has 11 heteroatoms. The fourth-order valence-electron chi connectivity index (χ4n) is 1.69. The van der Waals surface area contributed by atoms with E-state index in [-0.39, 0.29) is 5.91 Å². The number of hydrogen-bond donors (Lipinski definition) is 2. The van der Waals surface area contributed by atoms with Crippen molar-refractivity contribution < 1.29 is 4.79 Å². The summed E-state index contributed by atoms with van der Waals surface area (Å²) in [5, 5.41) is 27.8. The molecule has 0 saturated carbocycles. The summed E-state index contributed by atoms with van der Waals surface area (Å²) in [5.41, 5.74) is 1.16. The molecule has 0 saturated heterocycles. The average molecular weight is 288 g/mol. The Kier molecular flexibility index (Phi) is 3.37. The van der Waals surface area contributed by atoms with Gasteiger partial charge in [0.1, 0.15) is 12.0 Å². The van der Waals surface area contributed by atoms with Crippen molar-refractivity contribution in [2.75, 3.05) is 6.54 Å². The van der Waals surface area contributed by atoms with Crippen LogP contribution in [0.4, 0.5) is 0 Å². The number of nitrogens with zero attached hydrogens (tertiary/aromatic N) is 8. The van der Waals surface area contributed by atoms with Crippen molar-refractivity contribution in [1.29, 1.82) is 0 Å². The third-order valence-corrected chi connectivity index (χ3v) is 2.67. The second-order valence-corrected chi connectivity index (χ2v) is 4.27. The fourth-order valence-corrected chi connectivity index (χ4v) is 1.69. The topological polar surface area (TPSA) is 132 Å². The molecule has 3 heterocycles.